The minimum Gasteiger partial charge on any atom is -0.481 e. The molecule has 2 heterocycles. The van der Waals surface area contributed by atoms with Gasteiger partial charge in [-0.1, -0.05) is 0 Å². The van der Waals surface area contributed by atoms with Gasteiger partial charge in [-0.05, 0) is 30.7 Å². The van der Waals surface area contributed by atoms with Crippen molar-refractivity contribution in [2.45, 2.75) is 25.4 Å². The summed E-state index contributed by atoms with van der Waals surface area (Å²) >= 11 is 0. The van der Waals surface area contributed by atoms with Gasteiger partial charge in [-0.25, -0.2) is 14.8 Å². The first-order valence-corrected chi connectivity index (χ1v) is 12.8. The fourth-order valence-electron chi connectivity index (χ4n) is 3.17. The molecule has 0 spiro atoms. The maximum Gasteiger partial charge on any atom is 0.326 e. The summed E-state index contributed by atoms with van der Waals surface area (Å²) in [7, 11) is 3.54. The van der Waals surface area contributed by atoms with E-state index in [1.165, 1.54) is 18.3 Å². The Hall–Kier alpha value is -4.62. The van der Waals surface area contributed by atoms with Crippen molar-refractivity contribution in [1.29, 1.82) is 0 Å². The zero-order chi connectivity index (χ0) is 30.6. The van der Waals surface area contributed by atoms with E-state index in [1.54, 1.807) is 12.1 Å². The van der Waals surface area contributed by atoms with Crippen molar-refractivity contribution in [2.24, 2.45) is 0 Å². The molecule has 0 aliphatic rings. The number of aliphatic hydroxyl groups is 1. The van der Waals surface area contributed by atoms with Gasteiger partial charge in [0.1, 0.15) is 6.04 Å². The van der Waals surface area contributed by atoms with E-state index >= 15 is 0 Å². The molecule has 218 valence electrons. The first kappa shape index (κ1) is 32.6. The van der Waals surface area contributed by atoms with E-state index in [1.807, 2.05) is 14.1 Å². The Morgan fingerprint density at radius 1 is 1.17 bits per heavy atom. The van der Waals surface area contributed by atoms with E-state index < -0.39 is 29.4 Å². The molecule has 3 aromatic rings. The van der Waals surface area contributed by atoms with Crippen molar-refractivity contribution in [3.8, 4) is 5.75 Å². The van der Waals surface area contributed by atoms with Gasteiger partial charge < -0.3 is 26.6 Å². The SMILES string of the molecule is C[N+](C)(C#P=O)CCO.Nc1nc2ncc(CNc3ccc(C(=O)NC(CCC(=O)O)C(=O)O)cc3)nc2c(=O)[nH]1. The van der Waals surface area contributed by atoms with Crippen molar-refractivity contribution < 1.29 is 38.8 Å². The van der Waals surface area contributed by atoms with Crippen LogP contribution in [-0.2, 0) is 20.7 Å². The van der Waals surface area contributed by atoms with Crippen molar-refractivity contribution in [3.05, 3.63) is 52.1 Å². The number of nitrogen functional groups attached to an aromatic ring is 1. The van der Waals surface area contributed by atoms with Crippen LogP contribution >= 0.6 is 7.92 Å². The minimum atomic E-state index is -1.31. The number of anilines is 2. The second kappa shape index (κ2) is 15.2. The number of likely N-dealkylation sites (N-methyl/N-ethyl adjacent to an activating group) is 1. The molecule has 0 fully saturated rings. The molecule has 1 atom stereocenters. The summed E-state index contributed by atoms with van der Waals surface area (Å²) in [5.41, 5.74) is 6.47. The van der Waals surface area contributed by atoms with Crippen LogP contribution in [0.1, 0.15) is 28.9 Å². The summed E-state index contributed by atoms with van der Waals surface area (Å²) in [4.78, 5) is 60.6. The Labute approximate surface area is 234 Å². The Kier molecular flexibility index (Phi) is 12.1. The van der Waals surface area contributed by atoms with Gasteiger partial charge in [0.05, 0.1) is 18.4 Å². The number of rotatable bonds is 11. The largest absolute Gasteiger partial charge is 0.481 e. The fourth-order valence-corrected chi connectivity index (χ4v) is 3.49. The summed E-state index contributed by atoms with van der Waals surface area (Å²) in [5.74, 6) is -0.538. The van der Waals surface area contributed by atoms with Crippen LogP contribution in [0.3, 0.4) is 0 Å². The van der Waals surface area contributed by atoms with Crippen LogP contribution in [0.2, 0.25) is 0 Å². The molecule has 0 bridgehead atoms. The Balaban J connectivity index is 0.000000564. The molecular formula is C24H30N8O8P+. The number of benzene rings is 1. The van der Waals surface area contributed by atoms with E-state index in [0.717, 1.165) is 0 Å². The third-order valence-electron chi connectivity index (χ3n) is 5.33. The number of hydrogen-bond acceptors (Lipinski definition) is 11. The number of carboxylic acid groups (broad SMARTS) is 2. The fraction of sp³-hybridized carbons (Fsp3) is 0.333. The number of carbonyl (C=O) groups is 3. The van der Waals surface area contributed by atoms with Crippen LogP contribution in [0, 0.1) is 5.75 Å². The number of carboxylic acids is 2. The number of nitrogens with one attached hydrogen (secondary N) is 3. The van der Waals surface area contributed by atoms with Crippen LogP contribution in [0.4, 0.5) is 11.6 Å². The summed E-state index contributed by atoms with van der Waals surface area (Å²) in [6, 6.07) is 4.86. The first-order chi connectivity index (χ1) is 19.3. The number of aliphatic carboxylic acids is 2. The summed E-state index contributed by atoms with van der Waals surface area (Å²) in [6.07, 6.45) is 0.840. The molecular weight excluding hydrogens is 559 g/mol. The van der Waals surface area contributed by atoms with E-state index in [2.05, 4.69) is 36.3 Å². The number of aliphatic hydroxyl groups excluding tert-OH is 1. The number of nitrogens with zero attached hydrogens (tertiary/aromatic N) is 4. The molecule has 3 rings (SSSR count). The molecule has 1 amide bonds. The van der Waals surface area contributed by atoms with Crippen molar-refractivity contribution in [1.82, 2.24) is 25.3 Å². The molecule has 0 radical (unpaired) electrons. The van der Waals surface area contributed by atoms with Gasteiger partial charge in [-0.3, -0.25) is 19.4 Å². The average molecular weight is 590 g/mol. The predicted octanol–water partition coefficient (Wildman–Crippen LogP) is 0.219. The number of aromatic nitrogens is 4. The van der Waals surface area contributed by atoms with Crippen molar-refractivity contribution in [3.63, 3.8) is 0 Å². The molecule has 0 aliphatic carbocycles. The number of nitrogens with two attached hydrogens (primary N) is 1. The van der Waals surface area contributed by atoms with Crippen molar-refractivity contribution in [2.75, 3.05) is 38.3 Å². The third kappa shape index (κ3) is 10.8. The van der Waals surface area contributed by atoms with E-state index in [-0.39, 0.29) is 56.6 Å². The third-order valence-corrected chi connectivity index (χ3v) is 5.95. The van der Waals surface area contributed by atoms with Gasteiger partial charge >= 0.3 is 67.0 Å². The molecule has 17 heteroatoms. The predicted molar refractivity (Wildman–Crippen MR) is 147 cm³/mol. The van der Waals surface area contributed by atoms with E-state index in [9.17, 15) is 23.7 Å². The minimum absolute atomic E-state index is 0.0524. The van der Waals surface area contributed by atoms with Crippen LogP contribution in [0.15, 0.2) is 35.3 Å². The molecule has 0 aliphatic heterocycles. The van der Waals surface area contributed by atoms with Crippen LogP contribution < -0.4 is 21.9 Å². The van der Waals surface area contributed by atoms with E-state index in [0.29, 0.717) is 22.4 Å². The quantitative estimate of drug-likeness (QED) is 0.117. The van der Waals surface area contributed by atoms with Crippen molar-refractivity contribution >= 4 is 48.6 Å². The molecule has 8 N–H and O–H groups in total. The normalized spacial score (nSPS) is 11.4. The van der Waals surface area contributed by atoms with Gasteiger partial charge in [-0.2, -0.15) is 4.98 Å². The molecule has 1 aromatic carbocycles. The first-order valence-electron chi connectivity index (χ1n) is 12.0. The zero-order valence-corrected chi connectivity index (χ0v) is 23.1. The topological polar surface area (TPSA) is 251 Å². The molecule has 0 saturated carbocycles. The maximum absolute atomic E-state index is 12.3. The average Bonchev–Trinajstić information content (AvgIpc) is 2.90. The standard InChI is InChI=1S/C19H19N7O6.C5H11NO2P/c20-19-25-15-14(17(30)26-19)23-11(8-22-15)7-21-10-3-1-9(2-4-10)16(29)24-12(18(31)32)5-6-13(27)28;1-6(2,3-4-7)5-9-8/h1-4,8,12,21H,5-7H2,(H,24,29)(H,27,28)(H,31,32)(H3,20,22,25,26,30);7H,3-4H2,1-2H3/q;+1. The molecule has 0 saturated heterocycles. The molecule has 41 heavy (non-hydrogen) atoms. The van der Waals surface area contributed by atoms with Gasteiger partial charge in [-0.15, -0.1) is 0 Å². The molecule has 1 unspecified atom stereocenters. The molecule has 16 nitrogen and oxygen atoms in total. The zero-order valence-electron chi connectivity index (χ0n) is 22.2. The maximum atomic E-state index is 12.3. The van der Waals surface area contributed by atoms with E-state index in [4.69, 9.17) is 21.1 Å². The number of H-pyrrole nitrogens is 1. The number of fused-ring (bicyclic) bond motifs is 1. The van der Waals surface area contributed by atoms with Crippen LogP contribution in [0.25, 0.3) is 11.2 Å². The smallest absolute Gasteiger partial charge is 0.326 e. The van der Waals surface area contributed by atoms with Gasteiger partial charge in [0.25, 0.3) is 11.5 Å². The number of quaternary nitrogens is 1. The summed E-state index contributed by atoms with van der Waals surface area (Å²) in [6.45, 7) is 0.874. The number of aromatic amines is 1. The summed E-state index contributed by atoms with van der Waals surface area (Å²) in [5, 5.41) is 31.7. The van der Waals surface area contributed by atoms with Gasteiger partial charge in [0.15, 0.2) is 11.2 Å². The second-order valence-corrected chi connectivity index (χ2v) is 9.42. The van der Waals surface area contributed by atoms with Gasteiger partial charge in [0, 0.05) is 17.7 Å². The monoisotopic (exact) mass is 589 g/mol. The van der Waals surface area contributed by atoms with Gasteiger partial charge in [0.2, 0.25) is 5.95 Å². The number of hydrogen-bond donors (Lipinski definition) is 7. The Morgan fingerprint density at radius 2 is 1.85 bits per heavy atom. The molecule has 2 aromatic heterocycles. The second-order valence-electron chi connectivity index (χ2n) is 9.04. The number of carbonyl (C=O) groups excluding carboxylic acids is 1. The Bertz CT molecular complexity index is 1560. The van der Waals surface area contributed by atoms with Crippen LogP contribution in [-0.4, -0.2) is 90.9 Å². The van der Waals surface area contributed by atoms with Crippen LogP contribution in [0.5, 0.6) is 0 Å². The number of amides is 1. The summed E-state index contributed by atoms with van der Waals surface area (Å²) < 4.78 is 10.3. The Morgan fingerprint density at radius 3 is 2.44 bits per heavy atom.